The summed E-state index contributed by atoms with van der Waals surface area (Å²) >= 11 is 3.27. The molecule has 1 heterocycles. The van der Waals surface area contributed by atoms with Crippen molar-refractivity contribution >= 4 is 21.6 Å². The van der Waals surface area contributed by atoms with Gasteiger partial charge in [-0.1, -0.05) is 6.92 Å². The molecule has 0 amide bonds. The number of nitrogens with two attached hydrogens (primary N) is 1. The van der Waals surface area contributed by atoms with Crippen molar-refractivity contribution in [3.63, 3.8) is 0 Å². The van der Waals surface area contributed by atoms with Gasteiger partial charge in [-0.2, -0.15) is 5.10 Å². The van der Waals surface area contributed by atoms with Gasteiger partial charge in [0.25, 0.3) is 5.56 Å². The molecule has 1 aromatic rings. The molecule has 0 aliphatic rings. The molecule has 16 heavy (non-hydrogen) atoms. The Morgan fingerprint density at radius 1 is 1.62 bits per heavy atom. The minimum Gasteiger partial charge on any atom is -0.381 e. The van der Waals surface area contributed by atoms with E-state index in [9.17, 15) is 4.79 Å². The molecule has 0 radical (unpaired) electrons. The molecule has 1 atom stereocenters. The van der Waals surface area contributed by atoms with Crippen LogP contribution in [0.3, 0.4) is 0 Å². The Bertz CT molecular complexity index is 404. The van der Waals surface area contributed by atoms with E-state index in [4.69, 9.17) is 5.73 Å². The van der Waals surface area contributed by atoms with Gasteiger partial charge in [0.2, 0.25) is 0 Å². The first kappa shape index (κ1) is 13.2. The van der Waals surface area contributed by atoms with Gasteiger partial charge in [-0.3, -0.25) is 4.79 Å². The highest BCUT2D eigenvalue weighted by Crippen LogP contribution is 2.15. The standard InChI is InChI=1S/C10H17BrN4O/c1-3-7(12)5-13-8-6-14-15(4-2)10(16)9(8)11/h6-7,13H,3-5,12H2,1-2H3. The van der Waals surface area contributed by atoms with E-state index < -0.39 is 0 Å². The Balaban J connectivity index is 2.83. The second kappa shape index (κ2) is 6.00. The van der Waals surface area contributed by atoms with Crippen LogP contribution >= 0.6 is 15.9 Å². The lowest BCUT2D eigenvalue weighted by Crippen LogP contribution is -2.30. The van der Waals surface area contributed by atoms with Gasteiger partial charge < -0.3 is 11.1 Å². The molecule has 0 aromatic carbocycles. The minimum atomic E-state index is -0.127. The zero-order chi connectivity index (χ0) is 12.1. The maximum absolute atomic E-state index is 11.7. The summed E-state index contributed by atoms with van der Waals surface area (Å²) in [5.41, 5.74) is 6.35. The molecule has 0 aliphatic heterocycles. The fourth-order valence-corrected chi connectivity index (χ4v) is 1.65. The van der Waals surface area contributed by atoms with E-state index in [0.29, 0.717) is 23.2 Å². The van der Waals surface area contributed by atoms with Crippen LogP contribution in [0.1, 0.15) is 20.3 Å². The van der Waals surface area contributed by atoms with E-state index in [2.05, 4.69) is 26.3 Å². The predicted octanol–water partition coefficient (Wildman–Crippen LogP) is 1.17. The maximum Gasteiger partial charge on any atom is 0.283 e. The molecule has 5 nitrogen and oxygen atoms in total. The van der Waals surface area contributed by atoms with Gasteiger partial charge in [0.1, 0.15) is 4.47 Å². The first-order valence-corrected chi connectivity index (χ1v) is 6.14. The maximum atomic E-state index is 11.7. The Hall–Kier alpha value is -0.880. The monoisotopic (exact) mass is 288 g/mol. The van der Waals surface area contributed by atoms with Crippen LogP contribution in [0.25, 0.3) is 0 Å². The molecule has 1 rings (SSSR count). The second-order valence-electron chi connectivity index (χ2n) is 3.54. The molecule has 0 fully saturated rings. The first-order chi connectivity index (χ1) is 7.60. The van der Waals surface area contributed by atoms with E-state index in [0.717, 1.165) is 6.42 Å². The normalized spacial score (nSPS) is 12.5. The lowest BCUT2D eigenvalue weighted by atomic mass is 10.2. The molecule has 0 bridgehead atoms. The molecular formula is C10H17BrN4O. The van der Waals surface area contributed by atoms with E-state index in [1.165, 1.54) is 4.68 Å². The lowest BCUT2D eigenvalue weighted by Gasteiger charge is -2.12. The number of aromatic nitrogens is 2. The van der Waals surface area contributed by atoms with Gasteiger partial charge in [-0.05, 0) is 29.3 Å². The van der Waals surface area contributed by atoms with Gasteiger partial charge in [-0.15, -0.1) is 0 Å². The zero-order valence-corrected chi connectivity index (χ0v) is 11.1. The van der Waals surface area contributed by atoms with Gasteiger partial charge in [-0.25, -0.2) is 4.68 Å². The number of nitrogens with one attached hydrogen (secondary N) is 1. The summed E-state index contributed by atoms with van der Waals surface area (Å²) in [5, 5.41) is 7.14. The van der Waals surface area contributed by atoms with Gasteiger partial charge in [0.15, 0.2) is 0 Å². The summed E-state index contributed by atoms with van der Waals surface area (Å²) < 4.78 is 1.90. The highest BCUT2D eigenvalue weighted by atomic mass is 79.9. The summed E-state index contributed by atoms with van der Waals surface area (Å²) in [5.74, 6) is 0. The largest absolute Gasteiger partial charge is 0.381 e. The average Bonchev–Trinajstić information content (AvgIpc) is 2.30. The fourth-order valence-electron chi connectivity index (χ4n) is 1.20. The van der Waals surface area contributed by atoms with Crippen molar-refractivity contribution in [1.82, 2.24) is 9.78 Å². The van der Waals surface area contributed by atoms with Gasteiger partial charge >= 0.3 is 0 Å². The number of anilines is 1. The number of aryl methyl sites for hydroxylation is 1. The number of hydrogen-bond acceptors (Lipinski definition) is 4. The smallest absolute Gasteiger partial charge is 0.283 e. The first-order valence-electron chi connectivity index (χ1n) is 5.35. The summed E-state index contributed by atoms with van der Waals surface area (Å²) in [6.07, 6.45) is 2.53. The molecule has 0 saturated carbocycles. The van der Waals surface area contributed by atoms with Crippen molar-refractivity contribution < 1.29 is 0 Å². The van der Waals surface area contributed by atoms with Crippen LogP contribution in [-0.2, 0) is 6.54 Å². The number of halogens is 1. The van der Waals surface area contributed by atoms with Crippen molar-refractivity contribution in [2.45, 2.75) is 32.9 Å². The summed E-state index contributed by atoms with van der Waals surface area (Å²) in [6, 6.07) is 0.0838. The molecule has 0 saturated heterocycles. The highest BCUT2D eigenvalue weighted by Gasteiger charge is 2.08. The third-order valence-corrected chi connectivity index (χ3v) is 3.13. The SMILES string of the molecule is CCC(N)CNc1cnn(CC)c(=O)c1Br. The Kier molecular flexibility index (Phi) is 4.95. The third-order valence-electron chi connectivity index (χ3n) is 2.36. The van der Waals surface area contributed by atoms with Crippen LogP contribution in [0.4, 0.5) is 5.69 Å². The van der Waals surface area contributed by atoms with Gasteiger partial charge in [0, 0.05) is 19.1 Å². The van der Waals surface area contributed by atoms with Crippen molar-refractivity contribution in [2.75, 3.05) is 11.9 Å². The van der Waals surface area contributed by atoms with Crippen molar-refractivity contribution in [2.24, 2.45) is 5.73 Å². The second-order valence-corrected chi connectivity index (χ2v) is 4.34. The van der Waals surface area contributed by atoms with E-state index in [-0.39, 0.29) is 11.6 Å². The number of rotatable bonds is 5. The molecule has 90 valence electrons. The van der Waals surface area contributed by atoms with Crippen molar-refractivity contribution in [1.29, 1.82) is 0 Å². The fraction of sp³-hybridized carbons (Fsp3) is 0.600. The Morgan fingerprint density at radius 3 is 2.88 bits per heavy atom. The summed E-state index contributed by atoms with van der Waals surface area (Å²) in [6.45, 7) is 5.09. The molecule has 1 unspecified atom stereocenters. The number of nitrogens with zero attached hydrogens (tertiary/aromatic N) is 2. The molecule has 6 heteroatoms. The predicted molar refractivity (Wildman–Crippen MR) is 68.6 cm³/mol. The van der Waals surface area contributed by atoms with Crippen LogP contribution in [0, 0.1) is 0 Å². The summed E-state index contributed by atoms with van der Waals surface area (Å²) in [7, 11) is 0. The highest BCUT2D eigenvalue weighted by molar-refractivity contribution is 9.10. The zero-order valence-electron chi connectivity index (χ0n) is 9.53. The van der Waals surface area contributed by atoms with Crippen LogP contribution < -0.4 is 16.6 Å². The van der Waals surface area contributed by atoms with Crippen LogP contribution in [0.2, 0.25) is 0 Å². The van der Waals surface area contributed by atoms with E-state index in [1.807, 2.05) is 13.8 Å². The number of hydrogen-bond donors (Lipinski definition) is 2. The van der Waals surface area contributed by atoms with Crippen LogP contribution in [0.15, 0.2) is 15.5 Å². The average molecular weight is 289 g/mol. The van der Waals surface area contributed by atoms with Crippen LogP contribution in [-0.4, -0.2) is 22.4 Å². The molecule has 1 aromatic heterocycles. The minimum absolute atomic E-state index is 0.0838. The Labute approximate surface area is 103 Å². The summed E-state index contributed by atoms with van der Waals surface area (Å²) in [4.78, 5) is 11.7. The van der Waals surface area contributed by atoms with E-state index >= 15 is 0 Å². The quantitative estimate of drug-likeness (QED) is 0.853. The topological polar surface area (TPSA) is 72.9 Å². The molecular weight excluding hydrogens is 272 g/mol. The van der Waals surface area contributed by atoms with Crippen molar-refractivity contribution in [3.8, 4) is 0 Å². The Morgan fingerprint density at radius 2 is 2.31 bits per heavy atom. The molecule has 0 aliphatic carbocycles. The van der Waals surface area contributed by atoms with Crippen molar-refractivity contribution in [3.05, 3.63) is 21.0 Å². The van der Waals surface area contributed by atoms with E-state index in [1.54, 1.807) is 6.20 Å². The van der Waals surface area contributed by atoms with Gasteiger partial charge in [0.05, 0.1) is 11.9 Å². The third kappa shape index (κ3) is 3.05. The van der Waals surface area contributed by atoms with Crippen LogP contribution in [0.5, 0.6) is 0 Å². The molecule has 0 spiro atoms. The molecule has 3 N–H and O–H groups in total. The lowest BCUT2D eigenvalue weighted by molar-refractivity contribution is 0.611.